The van der Waals surface area contributed by atoms with Gasteiger partial charge in [-0.1, -0.05) is 66.3 Å². The Labute approximate surface area is 219 Å². The number of rotatable bonds is 6. The van der Waals surface area contributed by atoms with Crippen LogP contribution in [0, 0.1) is 6.92 Å². The van der Waals surface area contributed by atoms with Gasteiger partial charge in [0, 0.05) is 5.56 Å². The van der Waals surface area contributed by atoms with E-state index >= 15 is 0 Å². The molecule has 1 amide bonds. The first-order valence-corrected chi connectivity index (χ1v) is 13.1. The predicted octanol–water partition coefficient (Wildman–Crippen LogP) is 6.58. The van der Waals surface area contributed by atoms with Crippen LogP contribution in [0.4, 0.5) is 5.13 Å². The lowest BCUT2D eigenvalue weighted by atomic mass is 9.95. The van der Waals surface area contributed by atoms with Crippen LogP contribution in [0.5, 0.6) is 5.75 Å². The largest absolute Gasteiger partial charge is 0.507 e. The smallest absolute Gasteiger partial charge is 0.301 e. The minimum atomic E-state index is -0.833. The number of thiazole rings is 1. The van der Waals surface area contributed by atoms with Crippen molar-refractivity contribution in [1.82, 2.24) is 4.98 Å². The van der Waals surface area contributed by atoms with E-state index in [0.717, 1.165) is 22.2 Å². The zero-order valence-corrected chi connectivity index (χ0v) is 22.0. The molecule has 4 aromatic rings. The van der Waals surface area contributed by atoms with Crippen LogP contribution in [-0.4, -0.2) is 27.9 Å². The molecule has 3 aromatic carbocycles. The molecule has 0 spiro atoms. The van der Waals surface area contributed by atoms with Crippen molar-refractivity contribution < 1.29 is 19.4 Å². The van der Waals surface area contributed by atoms with Crippen LogP contribution in [0.25, 0.3) is 16.0 Å². The second-order valence-electron chi connectivity index (χ2n) is 9.42. The quantitative estimate of drug-likeness (QED) is 0.179. The highest BCUT2D eigenvalue weighted by Gasteiger charge is 2.48. The molecule has 1 aliphatic rings. The van der Waals surface area contributed by atoms with E-state index in [1.807, 2.05) is 69.3 Å². The van der Waals surface area contributed by atoms with Crippen molar-refractivity contribution in [3.05, 3.63) is 94.6 Å². The fourth-order valence-electron chi connectivity index (χ4n) is 4.49. The number of anilines is 1. The molecule has 1 aromatic heterocycles. The van der Waals surface area contributed by atoms with E-state index in [4.69, 9.17) is 9.72 Å². The predicted molar refractivity (Wildman–Crippen MR) is 147 cm³/mol. The van der Waals surface area contributed by atoms with Crippen molar-refractivity contribution in [1.29, 1.82) is 0 Å². The Kier molecular flexibility index (Phi) is 6.56. The monoisotopic (exact) mass is 512 g/mol. The molecule has 1 aliphatic heterocycles. The van der Waals surface area contributed by atoms with Crippen LogP contribution in [-0.2, 0) is 16.0 Å². The van der Waals surface area contributed by atoms with Gasteiger partial charge in [0.1, 0.15) is 11.5 Å². The van der Waals surface area contributed by atoms with Crippen molar-refractivity contribution in [2.45, 2.75) is 46.3 Å². The standard InChI is InChI=1S/C30H28N2O4S/c1-5-19-8-15-23-24(16-19)37-30(31-23)32-26(20-11-13-22(14-12-20)36-17(2)3)25(28(34)29(32)35)27(33)21-9-6-18(4)7-10-21/h6-17,26,33H,5H2,1-4H3. The number of hydrogen-bond acceptors (Lipinski definition) is 6. The number of benzene rings is 3. The van der Waals surface area contributed by atoms with Crippen molar-refractivity contribution in [2.75, 3.05) is 4.90 Å². The lowest BCUT2D eigenvalue weighted by molar-refractivity contribution is -0.132. The van der Waals surface area contributed by atoms with Crippen LogP contribution >= 0.6 is 11.3 Å². The van der Waals surface area contributed by atoms with Gasteiger partial charge >= 0.3 is 5.91 Å². The number of fused-ring (bicyclic) bond motifs is 1. The van der Waals surface area contributed by atoms with Gasteiger partial charge < -0.3 is 9.84 Å². The van der Waals surface area contributed by atoms with Crippen molar-refractivity contribution in [2.24, 2.45) is 0 Å². The SMILES string of the molecule is CCc1ccc2nc(N3C(=O)C(=O)C(=C(O)c4ccc(C)cc4)C3c3ccc(OC(C)C)cc3)sc2c1. The van der Waals surface area contributed by atoms with Gasteiger partial charge in [0.2, 0.25) is 0 Å². The van der Waals surface area contributed by atoms with Gasteiger partial charge in [0.25, 0.3) is 5.78 Å². The first-order valence-electron chi connectivity index (χ1n) is 12.3. The molecule has 7 heteroatoms. The molecular formula is C30H28N2O4S. The van der Waals surface area contributed by atoms with E-state index in [2.05, 4.69) is 13.0 Å². The van der Waals surface area contributed by atoms with E-state index in [1.165, 1.54) is 21.8 Å². The number of amides is 1. The second kappa shape index (κ2) is 9.82. The summed E-state index contributed by atoms with van der Waals surface area (Å²) in [5.41, 5.74) is 4.15. The summed E-state index contributed by atoms with van der Waals surface area (Å²) < 4.78 is 6.72. The van der Waals surface area contributed by atoms with Crippen LogP contribution in [0.2, 0.25) is 0 Å². The van der Waals surface area contributed by atoms with Gasteiger partial charge in [-0.2, -0.15) is 0 Å². The number of carbonyl (C=O) groups excluding carboxylic acids is 2. The van der Waals surface area contributed by atoms with Gasteiger partial charge in [-0.25, -0.2) is 4.98 Å². The number of ketones is 1. The molecule has 188 valence electrons. The lowest BCUT2D eigenvalue weighted by Gasteiger charge is -2.23. The first kappa shape index (κ1) is 24.7. The number of carbonyl (C=O) groups is 2. The Bertz CT molecular complexity index is 1520. The molecule has 5 rings (SSSR count). The molecule has 1 atom stereocenters. The maximum absolute atomic E-state index is 13.5. The molecule has 0 bridgehead atoms. The number of hydrogen-bond donors (Lipinski definition) is 1. The van der Waals surface area contributed by atoms with E-state index in [0.29, 0.717) is 22.0 Å². The molecule has 6 nitrogen and oxygen atoms in total. The van der Waals surface area contributed by atoms with E-state index < -0.39 is 17.7 Å². The van der Waals surface area contributed by atoms with Gasteiger partial charge in [-0.3, -0.25) is 14.5 Å². The molecule has 37 heavy (non-hydrogen) atoms. The zero-order valence-electron chi connectivity index (χ0n) is 21.2. The summed E-state index contributed by atoms with van der Waals surface area (Å²) in [6, 6.07) is 19.7. The molecule has 0 aliphatic carbocycles. The fourth-order valence-corrected chi connectivity index (χ4v) is 5.55. The summed E-state index contributed by atoms with van der Waals surface area (Å²) in [7, 11) is 0. The molecule has 1 fully saturated rings. The van der Waals surface area contributed by atoms with E-state index in [9.17, 15) is 14.7 Å². The number of aryl methyl sites for hydroxylation is 2. The van der Waals surface area contributed by atoms with Crippen molar-refractivity contribution in [3.8, 4) is 5.75 Å². The Morgan fingerprint density at radius 2 is 1.76 bits per heavy atom. The number of Topliss-reactive ketones (excluding diaryl/α,β-unsaturated/α-hetero) is 1. The lowest BCUT2D eigenvalue weighted by Crippen LogP contribution is -2.29. The Balaban J connectivity index is 1.68. The summed E-state index contributed by atoms with van der Waals surface area (Å²) in [5.74, 6) is -0.973. The highest BCUT2D eigenvalue weighted by Crippen LogP contribution is 2.44. The Morgan fingerprint density at radius 1 is 1.05 bits per heavy atom. The Morgan fingerprint density at radius 3 is 2.41 bits per heavy atom. The number of nitrogens with zero attached hydrogens (tertiary/aromatic N) is 2. The minimum absolute atomic E-state index is 0.00813. The van der Waals surface area contributed by atoms with Gasteiger partial charge in [-0.15, -0.1) is 0 Å². The third-order valence-electron chi connectivity index (χ3n) is 6.39. The van der Waals surface area contributed by atoms with Gasteiger partial charge in [0.15, 0.2) is 5.13 Å². The maximum atomic E-state index is 13.5. The zero-order chi connectivity index (χ0) is 26.3. The summed E-state index contributed by atoms with van der Waals surface area (Å²) in [5, 5.41) is 11.7. The average molecular weight is 513 g/mol. The van der Waals surface area contributed by atoms with Crippen molar-refractivity contribution in [3.63, 3.8) is 0 Å². The first-order chi connectivity index (χ1) is 17.8. The normalized spacial score (nSPS) is 17.2. The third-order valence-corrected chi connectivity index (χ3v) is 7.41. The Hall–Kier alpha value is -3.97. The maximum Gasteiger partial charge on any atom is 0.301 e. The summed E-state index contributed by atoms with van der Waals surface area (Å²) in [6.07, 6.45) is 0.892. The number of ether oxygens (including phenoxy) is 1. The average Bonchev–Trinajstić information content (AvgIpc) is 3.41. The molecule has 1 N–H and O–H groups in total. The highest BCUT2D eigenvalue weighted by molar-refractivity contribution is 7.22. The van der Waals surface area contributed by atoms with E-state index in [1.54, 1.807) is 12.1 Å². The summed E-state index contributed by atoms with van der Waals surface area (Å²) in [6.45, 7) is 7.92. The van der Waals surface area contributed by atoms with Crippen LogP contribution in [0.1, 0.15) is 49.1 Å². The molecule has 1 unspecified atom stereocenters. The van der Waals surface area contributed by atoms with Crippen LogP contribution < -0.4 is 9.64 Å². The third kappa shape index (κ3) is 4.62. The molecule has 1 saturated heterocycles. The van der Waals surface area contributed by atoms with Crippen LogP contribution in [0.3, 0.4) is 0 Å². The molecular weight excluding hydrogens is 484 g/mol. The van der Waals surface area contributed by atoms with E-state index in [-0.39, 0.29) is 17.4 Å². The topological polar surface area (TPSA) is 79.7 Å². The van der Waals surface area contributed by atoms with Gasteiger partial charge in [-0.05, 0) is 62.6 Å². The minimum Gasteiger partial charge on any atom is -0.507 e. The van der Waals surface area contributed by atoms with Crippen molar-refractivity contribution >= 4 is 44.1 Å². The summed E-state index contributed by atoms with van der Waals surface area (Å²) >= 11 is 1.36. The molecule has 2 heterocycles. The number of aromatic nitrogens is 1. The van der Waals surface area contributed by atoms with Crippen LogP contribution in [0.15, 0.2) is 72.3 Å². The molecule has 0 radical (unpaired) electrons. The van der Waals surface area contributed by atoms with Gasteiger partial charge in [0.05, 0.1) is 27.9 Å². The molecule has 0 saturated carbocycles. The summed E-state index contributed by atoms with van der Waals surface area (Å²) in [4.78, 5) is 33.0. The second-order valence-corrected chi connectivity index (χ2v) is 10.4. The fraction of sp³-hybridized carbons (Fsp3) is 0.233. The number of aliphatic hydroxyl groups excluding tert-OH is 1. The highest BCUT2D eigenvalue weighted by atomic mass is 32.1. The number of aliphatic hydroxyl groups is 1.